The van der Waals surface area contributed by atoms with E-state index in [1.165, 1.54) is 18.2 Å². The van der Waals surface area contributed by atoms with Gasteiger partial charge in [0.2, 0.25) is 0 Å². The minimum absolute atomic E-state index is 0.0400. The lowest BCUT2D eigenvalue weighted by molar-refractivity contribution is -0.384. The Morgan fingerprint density at radius 2 is 1.90 bits per heavy atom. The summed E-state index contributed by atoms with van der Waals surface area (Å²) < 4.78 is 1.73. The fourth-order valence-corrected chi connectivity index (χ4v) is 2.05. The minimum atomic E-state index is -0.466. The highest BCUT2D eigenvalue weighted by molar-refractivity contribution is 5.75. The first-order valence-electron chi connectivity index (χ1n) is 6.16. The van der Waals surface area contributed by atoms with Crippen LogP contribution >= 0.6 is 0 Å². The number of hydrogen-bond donors (Lipinski definition) is 1. The summed E-state index contributed by atoms with van der Waals surface area (Å²) in [4.78, 5) is 10.4. The zero-order valence-corrected chi connectivity index (χ0v) is 10.9. The summed E-state index contributed by atoms with van der Waals surface area (Å²) in [7, 11) is 0. The molecule has 1 aromatic heterocycles. The summed E-state index contributed by atoms with van der Waals surface area (Å²) in [5.74, 6) is 0.461. The Hall–Kier alpha value is -3.22. The van der Waals surface area contributed by atoms with Gasteiger partial charge in [-0.15, -0.1) is 10.2 Å². The number of non-ortho nitro benzene ring substituents is 1. The lowest BCUT2D eigenvalue weighted by Crippen LogP contribution is -2.00. The highest BCUT2D eigenvalue weighted by Crippen LogP contribution is 2.29. The number of anilines is 1. The number of hydrogen-bond acceptors (Lipinski definition) is 5. The summed E-state index contributed by atoms with van der Waals surface area (Å²) in [6.07, 6.45) is 1.54. The third-order valence-electron chi connectivity index (χ3n) is 3.07. The second-order valence-corrected chi connectivity index (χ2v) is 4.39. The van der Waals surface area contributed by atoms with E-state index in [4.69, 9.17) is 5.73 Å². The smallest absolute Gasteiger partial charge is 0.270 e. The average Bonchev–Trinajstić information content (AvgIpc) is 2.97. The highest BCUT2D eigenvalue weighted by atomic mass is 16.6. The van der Waals surface area contributed by atoms with Gasteiger partial charge in [-0.3, -0.25) is 14.7 Å². The molecule has 0 aliphatic carbocycles. The van der Waals surface area contributed by atoms with Gasteiger partial charge in [-0.1, -0.05) is 18.2 Å². The van der Waals surface area contributed by atoms with Gasteiger partial charge < -0.3 is 5.73 Å². The van der Waals surface area contributed by atoms with E-state index in [1.807, 2.05) is 30.3 Å². The quantitative estimate of drug-likeness (QED) is 0.451. The molecule has 0 bridgehead atoms. The van der Waals surface area contributed by atoms with Crippen molar-refractivity contribution < 1.29 is 4.92 Å². The minimum Gasteiger partial charge on any atom is -0.398 e. The van der Waals surface area contributed by atoms with Crippen LogP contribution in [0.2, 0.25) is 0 Å². The zero-order valence-electron chi connectivity index (χ0n) is 10.9. The van der Waals surface area contributed by atoms with Crippen molar-refractivity contribution in [3.8, 4) is 17.1 Å². The maximum Gasteiger partial charge on any atom is 0.270 e. The van der Waals surface area contributed by atoms with Crippen LogP contribution in [-0.2, 0) is 0 Å². The van der Waals surface area contributed by atoms with E-state index in [9.17, 15) is 10.1 Å². The fraction of sp³-hybridized carbons (Fsp3) is 0. The van der Waals surface area contributed by atoms with Crippen molar-refractivity contribution in [1.29, 1.82) is 0 Å². The SMILES string of the molecule is Nc1ccc([N+](=O)[O-])cc1-c1nncn1-c1ccccc1. The van der Waals surface area contributed by atoms with Gasteiger partial charge in [0.05, 0.1) is 4.92 Å². The van der Waals surface area contributed by atoms with E-state index < -0.39 is 4.92 Å². The average molecular weight is 281 g/mol. The summed E-state index contributed by atoms with van der Waals surface area (Å²) >= 11 is 0. The number of nitrogens with two attached hydrogens (primary N) is 1. The monoisotopic (exact) mass is 281 g/mol. The third kappa shape index (κ3) is 2.32. The second-order valence-electron chi connectivity index (χ2n) is 4.39. The lowest BCUT2D eigenvalue weighted by atomic mass is 10.1. The normalized spacial score (nSPS) is 10.5. The summed E-state index contributed by atoms with van der Waals surface area (Å²) in [5, 5.41) is 18.8. The number of nitro benzene ring substituents is 1. The van der Waals surface area contributed by atoms with Crippen molar-refractivity contribution in [2.45, 2.75) is 0 Å². The predicted molar refractivity (Wildman–Crippen MR) is 77.9 cm³/mol. The molecule has 0 saturated heterocycles. The molecule has 0 aliphatic heterocycles. The van der Waals surface area contributed by atoms with Crippen molar-refractivity contribution in [3.05, 3.63) is 65.0 Å². The van der Waals surface area contributed by atoms with Crippen LogP contribution in [0.25, 0.3) is 17.1 Å². The van der Waals surface area contributed by atoms with E-state index in [1.54, 1.807) is 10.9 Å². The van der Waals surface area contributed by atoms with Crippen LogP contribution in [0.4, 0.5) is 11.4 Å². The molecule has 0 amide bonds. The van der Waals surface area contributed by atoms with Crippen LogP contribution in [-0.4, -0.2) is 19.7 Å². The van der Waals surface area contributed by atoms with Crippen molar-refractivity contribution >= 4 is 11.4 Å². The molecule has 0 spiro atoms. The molecular formula is C14H11N5O2. The number of nitro groups is 1. The topological polar surface area (TPSA) is 99.9 Å². The molecule has 7 heteroatoms. The standard InChI is InChI=1S/C14H11N5O2/c15-13-7-6-11(19(20)21)8-12(13)14-17-16-9-18(14)10-4-2-1-3-5-10/h1-9H,15H2. The van der Waals surface area contributed by atoms with E-state index in [0.29, 0.717) is 17.1 Å². The lowest BCUT2D eigenvalue weighted by Gasteiger charge is -2.08. The van der Waals surface area contributed by atoms with Gasteiger partial charge in [0.15, 0.2) is 5.82 Å². The predicted octanol–water partition coefficient (Wildman–Crippen LogP) is 2.42. The number of nitrogen functional groups attached to an aromatic ring is 1. The van der Waals surface area contributed by atoms with E-state index in [-0.39, 0.29) is 5.69 Å². The number of benzene rings is 2. The van der Waals surface area contributed by atoms with Crippen LogP contribution in [0.1, 0.15) is 0 Å². The number of rotatable bonds is 3. The van der Waals surface area contributed by atoms with Crippen LogP contribution < -0.4 is 5.73 Å². The van der Waals surface area contributed by atoms with Gasteiger partial charge in [0.25, 0.3) is 5.69 Å². The van der Waals surface area contributed by atoms with Gasteiger partial charge in [-0.25, -0.2) is 0 Å². The van der Waals surface area contributed by atoms with Crippen molar-refractivity contribution in [2.75, 3.05) is 5.73 Å². The molecule has 3 rings (SSSR count). The van der Waals surface area contributed by atoms with Gasteiger partial charge in [-0.2, -0.15) is 0 Å². The molecule has 0 aliphatic rings. The molecule has 1 heterocycles. The van der Waals surface area contributed by atoms with E-state index >= 15 is 0 Å². The number of aromatic nitrogens is 3. The Bertz CT molecular complexity index is 798. The summed E-state index contributed by atoms with van der Waals surface area (Å²) in [5.41, 5.74) is 7.62. The third-order valence-corrected chi connectivity index (χ3v) is 3.07. The number of para-hydroxylation sites is 1. The summed E-state index contributed by atoms with van der Waals surface area (Å²) in [6.45, 7) is 0. The Morgan fingerprint density at radius 1 is 1.14 bits per heavy atom. The molecule has 0 radical (unpaired) electrons. The molecule has 0 fully saturated rings. The summed E-state index contributed by atoms with van der Waals surface area (Å²) in [6, 6.07) is 13.7. The van der Waals surface area contributed by atoms with Gasteiger partial charge in [-0.05, 0) is 18.2 Å². The fourth-order valence-electron chi connectivity index (χ4n) is 2.05. The second kappa shape index (κ2) is 5.04. The highest BCUT2D eigenvalue weighted by Gasteiger charge is 2.16. The first kappa shape index (κ1) is 12.8. The molecule has 3 aromatic rings. The molecule has 21 heavy (non-hydrogen) atoms. The Balaban J connectivity index is 2.17. The van der Waals surface area contributed by atoms with Crippen LogP contribution in [0.15, 0.2) is 54.9 Å². The first-order chi connectivity index (χ1) is 10.2. The molecule has 2 N–H and O–H groups in total. The molecule has 2 aromatic carbocycles. The van der Waals surface area contributed by atoms with Crippen molar-refractivity contribution in [1.82, 2.24) is 14.8 Å². The van der Waals surface area contributed by atoms with E-state index in [2.05, 4.69) is 10.2 Å². The molecule has 104 valence electrons. The zero-order chi connectivity index (χ0) is 14.8. The molecular weight excluding hydrogens is 270 g/mol. The Morgan fingerprint density at radius 3 is 2.62 bits per heavy atom. The maximum atomic E-state index is 10.9. The number of nitrogens with zero attached hydrogens (tertiary/aromatic N) is 4. The Labute approximate surface area is 119 Å². The largest absolute Gasteiger partial charge is 0.398 e. The van der Waals surface area contributed by atoms with Crippen LogP contribution in [0.3, 0.4) is 0 Å². The molecule has 0 saturated carbocycles. The van der Waals surface area contributed by atoms with Crippen molar-refractivity contribution in [2.24, 2.45) is 0 Å². The maximum absolute atomic E-state index is 10.9. The van der Waals surface area contributed by atoms with Crippen LogP contribution in [0.5, 0.6) is 0 Å². The van der Waals surface area contributed by atoms with Crippen LogP contribution in [0, 0.1) is 10.1 Å². The molecule has 7 nitrogen and oxygen atoms in total. The van der Waals surface area contributed by atoms with Gasteiger partial charge in [0.1, 0.15) is 6.33 Å². The van der Waals surface area contributed by atoms with Crippen molar-refractivity contribution in [3.63, 3.8) is 0 Å². The molecule has 0 atom stereocenters. The molecule has 0 unspecified atom stereocenters. The van der Waals surface area contributed by atoms with E-state index in [0.717, 1.165) is 5.69 Å². The van der Waals surface area contributed by atoms with Gasteiger partial charge >= 0.3 is 0 Å². The Kier molecular flexibility index (Phi) is 3.07. The van der Waals surface area contributed by atoms with Gasteiger partial charge in [0, 0.05) is 29.1 Å². The first-order valence-corrected chi connectivity index (χ1v) is 6.16.